The predicted octanol–water partition coefficient (Wildman–Crippen LogP) is 7.26. The maximum atomic E-state index is 13.7. The van der Waals surface area contributed by atoms with Crippen molar-refractivity contribution in [2.24, 2.45) is 0 Å². The molecule has 1 aliphatic carbocycles. The Labute approximate surface area is 226 Å². The topological polar surface area (TPSA) is 77.7 Å². The number of ether oxygens (including phenoxy) is 2. The highest BCUT2D eigenvalue weighted by atomic mass is 32.2. The molecule has 0 unspecified atom stereocenters. The van der Waals surface area contributed by atoms with Gasteiger partial charge < -0.3 is 18.9 Å². The molecular weight excluding hydrogens is 498 g/mol. The summed E-state index contributed by atoms with van der Waals surface area (Å²) in [6.07, 6.45) is 4.36. The Kier molecular flexibility index (Phi) is 6.81. The lowest BCUT2D eigenvalue weighted by Gasteiger charge is -2.29. The number of hydrogen-bond donors (Lipinski definition) is 0. The second-order valence-corrected chi connectivity index (χ2v) is 10.4. The molecule has 1 aliphatic heterocycles. The minimum Gasteiger partial charge on any atom is -0.490 e. The number of amides is 1. The lowest BCUT2D eigenvalue weighted by atomic mass is 10.1. The molecule has 0 saturated heterocycles. The zero-order valence-electron chi connectivity index (χ0n) is 21.5. The Balaban J connectivity index is 1.36. The van der Waals surface area contributed by atoms with Crippen LogP contribution in [0.5, 0.6) is 11.5 Å². The van der Waals surface area contributed by atoms with E-state index in [9.17, 15) is 4.79 Å². The van der Waals surface area contributed by atoms with Crippen LogP contribution in [0.15, 0.2) is 75.0 Å². The Morgan fingerprint density at radius 1 is 0.921 bits per heavy atom. The molecule has 2 aliphatic rings. The normalized spacial score (nSPS) is 15.2. The molecule has 8 heteroatoms. The van der Waals surface area contributed by atoms with Crippen LogP contribution in [-0.2, 0) is 0 Å². The third-order valence-electron chi connectivity index (χ3n) is 6.94. The number of hydrogen-bond acceptors (Lipinski definition) is 7. The molecule has 1 fully saturated rings. The fraction of sp³-hybridized carbons (Fsp3) is 0.300. The quantitative estimate of drug-likeness (QED) is 0.250. The summed E-state index contributed by atoms with van der Waals surface area (Å²) < 4.78 is 17.1. The van der Waals surface area contributed by atoms with Crippen molar-refractivity contribution in [3.05, 3.63) is 66.2 Å². The molecule has 0 bridgehead atoms. The zero-order chi connectivity index (χ0) is 26.1. The van der Waals surface area contributed by atoms with Crippen molar-refractivity contribution in [3.8, 4) is 34.3 Å². The molecule has 194 valence electrons. The Morgan fingerprint density at radius 3 is 2.50 bits per heavy atom. The fourth-order valence-electron chi connectivity index (χ4n) is 5.19. The summed E-state index contributed by atoms with van der Waals surface area (Å²) in [5.41, 5.74) is 3.29. The van der Waals surface area contributed by atoms with Crippen molar-refractivity contribution in [2.75, 3.05) is 18.1 Å². The largest absolute Gasteiger partial charge is 0.490 e. The first kappa shape index (κ1) is 24.6. The SMILES string of the molecule is CCOc1ccc(-c2nc(-c3ccc4c(c3)Sc3ccccc3C(=O)N4C3CCCC3)no2)cc1OCC. The fourth-order valence-corrected chi connectivity index (χ4v) is 6.30. The monoisotopic (exact) mass is 527 g/mol. The van der Waals surface area contributed by atoms with E-state index in [1.807, 2.05) is 73.3 Å². The van der Waals surface area contributed by atoms with E-state index in [2.05, 4.69) is 11.2 Å². The summed E-state index contributed by atoms with van der Waals surface area (Å²) in [5.74, 6) is 2.30. The lowest BCUT2D eigenvalue weighted by molar-refractivity contribution is 0.0974. The van der Waals surface area contributed by atoms with E-state index in [0.29, 0.717) is 36.4 Å². The lowest BCUT2D eigenvalue weighted by Crippen LogP contribution is -2.39. The molecule has 1 aromatic heterocycles. The molecule has 3 aromatic carbocycles. The summed E-state index contributed by atoms with van der Waals surface area (Å²) in [4.78, 5) is 22.4. The minimum absolute atomic E-state index is 0.0777. The van der Waals surface area contributed by atoms with Gasteiger partial charge in [0.15, 0.2) is 11.5 Å². The van der Waals surface area contributed by atoms with E-state index in [4.69, 9.17) is 19.0 Å². The van der Waals surface area contributed by atoms with Crippen LogP contribution in [-0.4, -0.2) is 35.3 Å². The Bertz CT molecular complexity index is 1480. The number of rotatable bonds is 7. The van der Waals surface area contributed by atoms with E-state index in [0.717, 1.165) is 57.9 Å². The van der Waals surface area contributed by atoms with Crippen LogP contribution in [0, 0.1) is 0 Å². The van der Waals surface area contributed by atoms with E-state index in [1.54, 1.807) is 11.8 Å². The van der Waals surface area contributed by atoms with Crippen molar-refractivity contribution >= 4 is 23.4 Å². The first-order valence-corrected chi connectivity index (χ1v) is 14.0. The van der Waals surface area contributed by atoms with Crippen molar-refractivity contribution in [1.29, 1.82) is 0 Å². The standard InChI is InChI=1S/C30H29N3O4S/c1-3-35-24-16-14-20(17-25(24)36-4-2)29-31-28(32-37-29)19-13-15-23-27(18-19)38-26-12-8-7-11-22(26)30(34)33(23)21-9-5-6-10-21/h7-8,11-18,21H,3-6,9-10H2,1-2H3. The smallest absolute Gasteiger partial charge is 0.259 e. The van der Waals surface area contributed by atoms with E-state index in [1.165, 1.54) is 0 Å². The molecule has 0 atom stereocenters. The Morgan fingerprint density at radius 2 is 1.68 bits per heavy atom. The van der Waals surface area contributed by atoms with Gasteiger partial charge in [-0.25, -0.2) is 0 Å². The predicted molar refractivity (Wildman–Crippen MR) is 147 cm³/mol. The molecule has 38 heavy (non-hydrogen) atoms. The highest BCUT2D eigenvalue weighted by Gasteiger charge is 2.34. The molecule has 2 heterocycles. The van der Waals surface area contributed by atoms with Crippen molar-refractivity contribution in [2.45, 2.75) is 55.4 Å². The second-order valence-electron chi connectivity index (χ2n) is 9.34. The highest BCUT2D eigenvalue weighted by molar-refractivity contribution is 7.99. The first-order chi connectivity index (χ1) is 18.7. The molecule has 0 spiro atoms. The van der Waals surface area contributed by atoms with Gasteiger partial charge in [-0.2, -0.15) is 4.98 Å². The van der Waals surface area contributed by atoms with Crippen LogP contribution >= 0.6 is 11.8 Å². The average Bonchev–Trinajstić information content (AvgIpc) is 3.62. The molecule has 6 rings (SSSR count). The molecule has 1 amide bonds. The highest BCUT2D eigenvalue weighted by Crippen LogP contribution is 2.45. The average molecular weight is 528 g/mol. The summed E-state index contributed by atoms with van der Waals surface area (Å²) >= 11 is 1.62. The third kappa shape index (κ3) is 4.53. The van der Waals surface area contributed by atoms with Gasteiger partial charge in [-0.1, -0.05) is 41.9 Å². The number of carbonyl (C=O) groups excluding carboxylic acids is 1. The molecule has 0 radical (unpaired) electrons. The number of benzene rings is 3. The van der Waals surface area contributed by atoms with Crippen molar-refractivity contribution < 1.29 is 18.8 Å². The molecule has 0 N–H and O–H groups in total. The number of fused-ring (bicyclic) bond motifs is 2. The van der Waals surface area contributed by atoms with Crippen LogP contribution in [0.1, 0.15) is 49.9 Å². The summed E-state index contributed by atoms with van der Waals surface area (Å²) in [7, 11) is 0. The van der Waals surface area contributed by atoms with Gasteiger partial charge >= 0.3 is 0 Å². The van der Waals surface area contributed by atoms with Crippen molar-refractivity contribution in [3.63, 3.8) is 0 Å². The first-order valence-electron chi connectivity index (χ1n) is 13.1. The van der Waals surface area contributed by atoms with Crippen LogP contribution in [0.2, 0.25) is 0 Å². The van der Waals surface area contributed by atoms with Gasteiger partial charge in [0.2, 0.25) is 5.82 Å². The number of aromatic nitrogens is 2. The maximum Gasteiger partial charge on any atom is 0.259 e. The van der Waals surface area contributed by atoms with E-state index >= 15 is 0 Å². The number of nitrogens with zero attached hydrogens (tertiary/aromatic N) is 3. The summed E-state index contributed by atoms with van der Waals surface area (Å²) in [6, 6.07) is 19.8. The summed E-state index contributed by atoms with van der Waals surface area (Å²) in [6.45, 7) is 4.95. The van der Waals surface area contributed by atoms with Gasteiger partial charge in [-0.3, -0.25) is 4.79 Å². The molecule has 7 nitrogen and oxygen atoms in total. The third-order valence-corrected chi connectivity index (χ3v) is 8.06. The molecule has 4 aromatic rings. The van der Waals surface area contributed by atoms with Gasteiger partial charge in [0.1, 0.15) is 0 Å². The van der Waals surface area contributed by atoms with Gasteiger partial charge in [-0.05, 0) is 75.2 Å². The van der Waals surface area contributed by atoms with E-state index in [-0.39, 0.29) is 11.9 Å². The minimum atomic E-state index is 0.0777. The summed E-state index contributed by atoms with van der Waals surface area (Å²) in [5, 5.41) is 4.28. The number of carbonyl (C=O) groups is 1. The zero-order valence-corrected chi connectivity index (χ0v) is 22.3. The molecule has 1 saturated carbocycles. The Hall–Kier alpha value is -3.78. The van der Waals surface area contributed by atoms with Crippen molar-refractivity contribution in [1.82, 2.24) is 10.1 Å². The van der Waals surface area contributed by atoms with Crippen LogP contribution in [0.4, 0.5) is 5.69 Å². The van der Waals surface area contributed by atoms with Gasteiger partial charge in [0.05, 0.1) is 24.5 Å². The maximum absolute atomic E-state index is 13.7. The van der Waals surface area contributed by atoms with E-state index < -0.39 is 0 Å². The van der Waals surface area contributed by atoms with Gasteiger partial charge in [0.25, 0.3) is 11.8 Å². The second kappa shape index (κ2) is 10.5. The van der Waals surface area contributed by atoms with Crippen LogP contribution in [0.25, 0.3) is 22.8 Å². The van der Waals surface area contributed by atoms with Crippen LogP contribution in [0.3, 0.4) is 0 Å². The van der Waals surface area contributed by atoms with Gasteiger partial charge in [-0.15, -0.1) is 0 Å². The number of anilines is 1. The molecular formula is C30H29N3O4S. The van der Waals surface area contributed by atoms with Crippen LogP contribution < -0.4 is 14.4 Å². The van der Waals surface area contributed by atoms with Gasteiger partial charge in [0, 0.05) is 27.0 Å².